The Hall–Kier alpha value is -1.07. The molecule has 0 saturated heterocycles. The Morgan fingerprint density at radius 1 is 1.11 bits per heavy atom. The summed E-state index contributed by atoms with van der Waals surface area (Å²) in [6.07, 6.45) is 2.42. The molecule has 2 nitrogen and oxygen atoms in total. The Balaban J connectivity index is 1.88. The van der Waals surface area contributed by atoms with E-state index < -0.39 is 17.5 Å². The highest BCUT2D eigenvalue weighted by Crippen LogP contribution is 2.24. The normalized spacial score (nSPS) is 23.6. The van der Waals surface area contributed by atoms with Gasteiger partial charge in [0.05, 0.1) is 6.10 Å². The summed E-state index contributed by atoms with van der Waals surface area (Å²) in [4.78, 5) is 0. The summed E-state index contributed by atoms with van der Waals surface area (Å²) in [5, 5.41) is 12.6. The molecule has 2 atom stereocenters. The SMILES string of the molecule is OC1CCCC1CNCc1cc(F)c(F)cc1F. The zero-order chi connectivity index (χ0) is 13.1. The van der Waals surface area contributed by atoms with Crippen molar-refractivity contribution >= 4 is 0 Å². The number of hydrogen-bond donors (Lipinski definition) is 2. The first-order valence-corrected chi connectivity index (χ1v) is 6.10. The van der Waals surface area contributed by atoms with Gasteiger partial charge in [0, 0.05) is 24.7 Å². The predicted molar refractivity (Wildman–Crippen MR) is 61.4 cm³/mol. The van der Waals surface area contributed by atoms with Gasteiger partial charge in [0.15, 0.2) is 11.6 Å². The number of aliphatic hydroxyl groups is 1. The van der Waals surface area contributed by atoms with E-state index in [4.69, 9.17) is 0 Å². The maximum absolute atomic E-state index is 13.3. The van der Waals surface area contributed by atoms with E-state index in [0.717, 1.165) is 25.3 Å². The van der Waals surface area contributed by atoms with Crippen molar-refractivity contribution in [3.63, 3.8) is 0 Å². The van der Waals surface area contributed by atoms with Crippen LogP contribution in [0.5, 0.6) is 0 Å². The zero-order valence-corrected chi connectivity index (χ0v) is 9.93. The van der Waals surface area contributed by atoms with Crippen LogP contribution in [-0.4, -0.2) is 17.8 Å². The molecular weight excluding hydrogens is 243 g/mol. The molecule has 1 fully saturated rings. The fourth-order valence-corrected chi connectivity index (χ4v) is 2.35. The Morgan fingerprint density at radius 3 is 2.50 bits per heavy atom. The smallest absolute Gasteiger partial charge is 0.161 e. The molecule has 1 saturated carbocycles. The second-order valence-corrected chi connectivity index (χ2v) is 4.75. The number of rotatable bonds is 4. The average molecular weight is 259 g/mol. The van der Waals surface area contributed by atoms with Gasteiger partial charge in [-0.3, -0.25) is 0 Å². The van der Waals surface area contributed by atoms with Gasteiger partial charge < -0.3 is 10.4 Å². The summed E-state index contributed by atoms with van der Waals surface area (Å²) in [6.45, 7) is 0.686. The molecule has 2 unspecified atom stereocenters. The van der Waals surface area contributed by atoms with Crippen molar-refractivity contribution < 1.29 is 18.3 Å². The fourth-order valence-electron chi connectivity index (χ4n) is 2.35. The van der Waals surface area contributed by atoms with Crippen LogP contribution in [0.25, 0.3) is 0 Å². The van der Waals surface area contributed by atoms with Gasteiger partial charge in [-0.1, -0.05) is 6.42 Å². The van der Waals surface area contributed by atoms with Gasteiger partial charge in [0.25, 0.3) is 0 Å². The monoisotopic (exact) mass is 259 g/mol. The van der Waals surface area contributed by atoms with Crippen molar-refractivity contribution in [3.8, 4) is 0 Å². The van der Waals surface area contributed by atoms with Crippen LogP contribution in [0.2, 0.25) is 0 Å². The first kappa shape index (κ1) is 13.4. The Morgan fingerprint density at radius 2 is 1.83 bits per heavy atom. The molecule has 1 aliphatic carbocycles. The van der Waals surface area contributed by atoms with Crippen LogP contribution < -0.4 is 5.32 Å². The highest BCUT2D eigenvalue weighted by molar-refractivity contribution is 5.19. The molecule has 100 valence electrons. The van der Waals surface area contributed by atoms with E-state index in [1.807, 2.05) is 0 Å². The molecule has 1 aromatic rings. The molecule has 5 heteroatoms. The van der Waals surface area contributed by atoms with Crippen LogP contribution in [0, 0.1) is 23.4 Å². The molecule has 1 aliphatic rings. The molecular formula is C13H16F3NO. The summed E-state index contributed by atoms with van der Waals surface area (Å²) in [5.74, 6) is -2.82. The minimum Gasteiger partial charge on any atom is -0.393 e. The highest BCUT2D eigenvalue weighted by Gasteiger charge is 2.24. The van der Waals surface area contributed by atoms with Crippen molar-refractivity contribution in [3.05, 3.63) is 35.1 Å². The third kappa shape index (κ3) is 3.03. The van der Waals surface area contributed by atoms with Gasteiger partial charge in [0.1, 0.15) is 5.82 Å². The van der Waals surface area contributed by atoms with Gasteiger partial charge in [-0.2, -0.15) is 0 Å². The number of halogens is 3. The summed E-state index contributed by atoms with van der Waals surface area (Å²) in [6, 6.07) is 1.42. The molecule has 2 rings (SSSR count). The second kappa shape index (κ2) is 5.71. The van der Waals surface area contributed by atoms with E-state index in [1.54, 1.807) is 0 Å². The maximum Gasteiger partial charge on any atom is 0.161 e. The fraction of sp³-hybridized carbons (Fsp3) is 0.538. The lowest BCUT2D eigenvalue weighted by Crippen LogP contribution is -2.27. The minimum absolute atomic E-state index is 0.0985. The Bertz CT molecular complexity index is 425. The zero-order valence-electron chi connectivity index (χ0n) is 9.93. The van der Waals surface area contributed by atoms with Gasteiger partial charge in [-0.25, -0.2) is 13.2 Å². The molecule has 0 heterocycles. The standard InChI is InChI=1S/C13H16F3NO/c14-10-5-12(16)11(15)4-9(10)7-17-6-8-2-1-3-13(8)18/h4-5,8,13,17-18H,1-3,6-7H2. The summed E-state index contributed by atoms with van der Waals surface area (Å²) in [5.41, 5.74) is 0.0985. The highest BCUT2D eigenvalue weighted by atomic mass is 19.2. The van der Waals surface area contributed by atoms with E-state index >= 15 is 0 Å². The van der Waals surface area contributed by atoms with Crippen molar-refractivity contribution in [1.82, 2.24) is 5.32 Å². The number of hydrogen-bond acceptors (Lipinski definition) is 2. The van der Waals surface area contributed by atoms with Crippen LogP contribution in [-0.2, 0) is 6.54 Å². The van der Waals surface area contributed by atoms with Crippen molar-refractivity contribution in [2.24, 2.45) is 5.92 Å². The van der Waals surface area contributed by atoms with Crippen LogP contribution in [0.3, 0.4) is 0 Å². The second-order valence-electron chi connectivity index (χ2n) is 4.75. The van der Waals surface area contributed by atoms with E-state index in [0.29, 0.717) is 12.6 Å². The first-order valence-electron chi connectivity index (χ1n) is 6.10. The molecule has 0 amide bonds. The third-order valence-corrected chi connectivity index (χ3v) is 3.43. The molecule has 18 heavy (non-hydrogen) atoms. The molecule has 2 N–H and O–H groups in total. The quantitative estimate of drug-likeness (QED) is 0.814. The lowest BCUT2D eigenvalue weighted by atomic mass is 10.1. The minimum atomic E-state index is -1.18. The molecule has 0 radical (unpaired) electrons. The van der Waals surface area contributed by atoms with E-state index in [2.05, 4.69) is 5.32 Å². The third-order valence-electron chi connectivity index (χ3n) is 3.43. The maximum atomic E-state index is 13.3. The number of benzene rings is 1. The average Bonchev–Trinajstić information content (AvgIpc) is 2.72. The van der Waals surface area contributed by atoms with E-state index in [-0.39, 0.29) is 24.1 Å². The Kier molecular flexibility index (Phi) is 4.24. The molecule has 0 aliphatic heterocycles. The summed E-state index contributed by atoms with van der Waals surface area (Å²) < 4.78 is 39.0. The van der Waals surface area contributed by atoms with Crippen LogP contribution in [0.15, 0.2) is 12.1 Å². The molecule has 0 bridgehead atoms. The number of nitrogens with one attached hydrogen (secondary N) is 1. The summed E-state index contributed by atoms with van der Waals surface area (Å²) >= 11 is 0. The predicted octanol–water partition coefficient (Wildman–Crippen LogP) is 2.35. The molecule has 0 spiro atoms. The summed E-state index contributed by atoms with van der Waals surface area (Å²) in [7, 11) is 0. The van der Waals surface area contributed by atoms with E-state index in [9.17, 15) is 18.3 Å². The van der Waals surface area contributed by atoms with Crippen molar-refractivity contribution in [2.75, 3.05) is 6.54 Å². The Labute approximate surface area is 104 Å². The van der Waals surface area contributed by atoms with Gasteiger partial charge >= 0.3 is 0 Å². The van der Waals surface area contributed by atoms with Gasteiger partial charge in [-0.05, 0) is 24.8 Å². The van der Waals surface area contributed by atoms with Crippen LogP contribution >= 0.6 is 0 Å². The van der Waals surface area contributed by atoms with Gasteiger partial charge in [-0.15, -0.1) is 0 Å². The number of aliphatic hydroxyl groups excluding tert-OH is 1. The topological polar surface area (TPSA) is 32.3 Å². The molecule has 0 aromatic heterocycles. The molecule has 1 aromatic carbocycles. The lowest BCUT2D eigenvalue weighted by Gasteiger charge is -2.15. The van der Waals surface area contributed by atoms with Crippen LogP contribution in [0.1, 0.15) is 24.8 Å². The van der Waals surface area contributed by atoms with Crippen LogP contribution in [0.4, 0.5) is 13.2 Å². The first-order chi connectivity index (χ1) is 8.58. The van der Waals surface area contributed by atoms with Crippen molar-refractivity contribution in [1.29, 1.82) is 0 Å². The van der Waals surface area contributed by atoms with Crippen molar-refractivity contribution in [2.45, 2.75) is 31.9 Å². The lowest BCUT2D eigenvalue weighted by molar-refractivity contribution is 0.131. The largest absolute Gasteiger partial charge is 0.393 e. The van der Waals surface area contributed by atoms with Gasteiger partial charge in [0.2, 0.25) is 0 Å². The van der Waals surface area contributed by atoms with E-state index in [1.165, 1.54) is 0 Å².